The number of nitrogens with zero attached hydrogens (tertiary/aromatic N) is 12. The molecule has 0 radical (unpaired) electrons. The predicted octanol–water partition coefficient (Wildman–Crippen LogP) is 30.2. The van der Waals surface area contributed by atoms with E-state index in [4.69, 9.17) is 39.5 Å². The van der Waals surface area contributed by atoms with Gasteiger partial charge in [0.05, 0.1) is 18.6 Å². The normalized spacial score (nSPS) is 11.4. The Morgan fingerprint density at radius 3 is 0.894 bits per heavy atom. The van der Waals surface area contributed by atoms with Gasteiger partial charge in [0.2, 0.25) is 0 Å². The smallest absolute Gasteiger partial charge is 0.509 e. The number of ether oxygens (including phenoxy) is 3. The standard InChI is InChI=1S/3C41H38N4O.3Pt/c1-6-30-21-29(19-27(3)4)22-31(7-2)41(30)32-25-43-44(26-32)33-11-10-12-34(23-33)46-35-15-16-37-36-13-8-9-14-38(36)45(39(37)24-35)40-20-28(5)17-18-42-40;2*1-6-29-15-16-30(21-27(3)4)35(7-2)41(29)31-25-43-44(26-31)32-11-10-12-33(23-32)46-34-17-18-37-36-13-8-9-14-38(36)45(39(37)24-34)40-22-28(5)19-20-42-40;;;/h8-18,20-22,25-27H,6-7,19H2,1-5H3;2*8-20,22,25-27H,6-7,21H2,1-5H3;;;/q3*-2;3*+2. The molecule has 141 heavy (non-hydrogen) atoms. The van der Waals surface area contributed by atoms with Crippen molar-refractivity contribution in [1.82, 2.24) is 58.0 Å². The number of pyridine rings is 3. The first-order valence-electron chi connectivity index (χ1n) is 48.6. The van der Waals surface area contributed by atoms with Crippen LogP contribution in [-0.4, -0.2) is 58.0 Å². The molecule has 0 N–H and O–H groups in total. The molecule has 0 fully saturated rings. The molecule has 0 amide bonds. The van der Waals surface area contributed by atoms with Crippen LogP contribution in [0.5, 0.6) is 34.5 Å². The molecule has 9 heterocycles. The van der Waals surface area contributed by atoms with E-state index in [1.165, 1.54) is 66.8 Å². The Morgan fingerprint density at radius 2 is 0.589 bits per heavy atom. The molecule has 0 aliphatic rings. The minimum atomic E-state index is 0. The fourth-order valence-corrected chi connectivity index (χ4v) is 19.7. The summed E-state index contributed by atoms with van der Waals surface area (Å²) in [5.41, 5.74) is 31.9. The Balaban J connectivity index is 0.000000151. The molecule has 0 bridgehead atoms. The van der Waals surface area contributed by atoms with Gasteiger partial charge in [-0.15, -0.1) is 107 Å². The van der Waals surface area contributed by atoms with Crippen molar-refractivity contribution in [1.29, 1.82) is 0 Å². The van der Waals surface area contributed by atoms with Crippen molar-refractivity contribution in [3.8, 4) is 102 Å². The van der Waals surface area contributed by atoms with E-state index >= 15 is 0 Å². The molecule has 0 unspecified atom stereocenters. The Labute approximate surface area is 870 Å². The summed E-state index contributed by atoms with van der Waals surface area (Å²) in [6, 6.07) is 102. The van der Waals surface area contributed by atoms with Crippen LogP contribution >= 0.6 is 0 Å². The van der Waals surface area contributed by atoms with Gasteiger partial charge in [-0.1, -0.05) is 191 Å². The topological polar surface area (TPSA) is 135 Å². The molecule has 18 heteroatoms. The maximum absolute atomic E-state index is 6.39. The molecule has 0 atom stereocenters. The van der Waals surface area contributed by atoms with Crippen molar-refractivity contribution < 1.29 is 77.4 Å². The van der Waals surface area contributed by atoms with Gasteiger partial charge in [0.25, 0.3) is 0 Å². The first kappa shape index (κ1) is 101. The summed E-state index contributed by atoms with van der Waals surface area (Å²) >= 11 is 0. The Morgan fingerprint density at radius 1 is 0.284 bits per heavy atom. The van der Waals surface area contributed by atoms with E-state index in [0.29, 0.717) is 52.3 Å². The zero-order valence-electron chi connectivity index (χ0n) is 82.3. The summed E-state index contributed by atoms with van der Waals surface area (Å²) in [6.45, 7) is 33.4. The van der Waals surface area contributed by atoms with E-state index in [2.05, 4.69) is 323 Å². The van der Waals surface area contributed by atoms with Gasteiger partial charge < -0.3 is 27.9 Å². The van der Waals surface area contributed by atoms with E-state index in [9.17, 15) is 0 Å². The predicted molar refractivity (Wildman–Crippen MR) is 562 cm³/mol. The molecule has 0 aliphatic carbocycles. The van der Waals surface area contributed by atoms with Crippen LogP contribution in [0.4, 0.5) is 0 Å². The Hall–Kier alpha value is -13.4. The van der Waals surface area contributed by atoms with E-state index in [-0.39, 0.29) is 63.2 Å². The third-order valence-corrected chi connectivity index (χ3v) is 25.8. The van der Waals surface area contributed by atoms with Gasteiger partial charge in [-0.2, -0.15) is 51.7 Å². The molecule has 714 valence electrons. The zero-order valence-corrected chi connectivity index (χ0v) is 89.2. The molecule has 0 aliphatic heterocycles. The maximum Gasteiger partial charge on any atom is 2.00 e. The van der Waals surface area contributed by atoms with E-state index in [0.717, 1.165) is 191 Å². The molecule has 0 saturated heterocycles. The first-order valence-corrected chi connectivity index (χ1v) is 48.6. The number of rotatable bonds is 27. The molecular weight excluding hydrogens is 2280 g/mol. The molecule has 15 nitrogen and oxygen atoms in total. The van der Waals surface area contributed by atoms with Gasteiger partial charge in [-0.05, 0) is 268 Å². The Kier molecular flexibility index (Phi) is 31.8. The number of para-hydroxylation sites is 3. The quantitative estimate of drug-likeness (QED) is 0.0461. The number of hydrogen-bond acceptors (Lipinski definition) is 9. The van der Waals surface area contributed by atoms with E-state index < -0.39 is 0 Å². The van der Waals surface area contributed by atoms with Crippen LogP contribution in [0.15, 0.2) is 292 Å². The van der Waals surface area contributed by atoms with Crippen LogP contribution < -0.4 is 14.2 Å². The number of aromatic nitrogens is 12. The molecule has 0 spiro atoms. The molecule has 12 aromatic carbocycles. The Bertz CT molecular complexity index is 7720. The molecule has 9 aromatic heterocycles. The molecular formula is C123H114N12O3Pt3. The minimum absolute atomic E-state index is 0. The van der Waals surface area contributed by atoms with Crippen LogP contribution in [-0.2, 0) is 121 Å². The van der Waals surface area contributed by atoms with Gasteiger partial charge in [-0.25, -0.2) is 15.0 Å². The van der Waals surface area contributed by atoms with Gasteiger partial charge in [-0.3, -0.25) is 14.0 Å². The largest absolute Gasteiger partial charge is 2.00 e. The summed E-state index contributed by atoms with van der Waals surface area (Å²) in [5.74, 6) is 8.04. The number of fused-ring (bicyclic) bond motifs is 9. The summed E-state index contributed by atoms with van der Waals surface area (Å²) in [7, 11) is 0. The fourth-order valence-electron chi connectivity index (χ4n) is 19.7. The maximum atomic E-state index is 6.39. The van der Waals surface area contributed by atoms with E-state index in [1.807, 2.05) is 142 Å². The van der Waals surface area contributed by atoms with Crippen LogP contribution in [0.2, 0.25) is 0 Å². The summed E-state index contributed by atoms with van der Waals surface area (Å²) in [5, 5.41) is 21.1. The van der Waals surface area contributed by atoms with Crippen LogP contribution in [0, 0.1) is 74.9 Å². The van der Waals surface area contributed by atoms with Crippen molar-refractivity contribution in [3.63, 3.8) is 0 Å². The average molecular weight is 2390 g/mol. The molecule has 0 saturated carbocycles. The van der Waals surface area contributed by atoms with Crippen molar-refractivity contribution in [2.75, 3.05) is 0 Å². The van der Waals surface area contributed by atoms with Crippen LogP contribution in [0.3, 0.4) is 0 Å². The number of hydrogen-bond donors (Lipinski definition) is 0. The van der Waals surface area contributed by atoms with Crippen molar-refractivity contribution in [2.45, 2.75) is 162 Å². The fraction of sp³-hybridized carbons (Fsp3) is 0.220. The zero-order chi connectivity index (χ0) is 95.4. The number of aryl methyl sites for hydroxylation is 7. The second-order valence-electron chi connectivity index (χ2n) is 37.1. The number of benzene rings is 12. The monoisotopic (exact) mass is 2390 g/mol. The van der Waals surface area contributed by atoms with E-state index in [1.54, 1.807) is 0 Å². The first-order chi connectivity index (χ1) is 67.3. The SMILES string of the molecule is CCc1cc(CC(C)C)cc(CC)c1-c1cnn(-c2[c-]c(Oc3[c-]c4c(cc3)c3ccccc3n4-c3cc(C)ccn3)ccc2)c1.CCc1ccc(CC(C)C)c(CC)c1-c1cnn(-c2[c-]c(Oc3[c-]c4c(cc3)c3ccccc3n4-c3cc(C)ccn3)ccc2)c1.CCc1ccc(CC(C)C)c(CC)c1-c1cnn(-c2[c-]c(Oc3[c-]c4c(cc3)c3ccccc3n4-c3cc(C)ccn3)ccc2)c1.[Pt+2].[Pt+2].[Pt+2]. The summed E-state index contributed by atoms with van der Waals surface area (Å²) in [6.07, 6.45) is 27.0. The van der Waals surface area contributed by atoms with Crippen LogP contribution in [0.1, 0.15) is 150 Å². The van der Waals surface area contributed by atoms with Gasteiger partial charge in [0.15, 0.2) is 0 Å². The van der Waals surface area contributed by atoms with Gasteiger partial charge in [0, 0.05) is 105 Å². The van der Waals surface area contributed by atoms with Crippen LogP contribution in [0.25, 0.3) is 133 Å². The van der Waals surface area contributed by atoms with Crippen molar-refractivity contribution in [2.24, 2.45) is 17.8 Å². The second-order valence-corrected chi connectivity index (χ2v) is 37.1. The molecule has 21 aromatic rings. The summed E-state index contributed by atoms with van der Waals surface area (Å²) < 4.78 is 31.3. The molecule has 21 rings (SSSR count). The second kappa shape index (κ2) is 44.6. The third kappa shape index (κ3) is 21.3. The van der Waals surface area contributed by atoms with Gasteiger partial charge in [0.1, 0.15) is 17.5 Å². The van der Waals surface area contributed by atoms with Crippen molar-refractivity contribution >= 4 is 65.4 Å². The average Bonchev–Trinajstić information content (AvgIpc) is 1.60. The minimum Gasteiger partial charge on any atom is -0.509 e. The van der Waals surface area contributed by atoms with Crippen molar-refractivity contribution in [3.05, 3.63) is 396 Å². The summed E-state index contributed by atoms with van der Waals surface area (Å²) in [4.78, 5) is 14.1. The third-order valence-electron chi connectivity index (χ3n) is 25.8. The van der Waals surface area contributed by atoms with Gasteiger partial charge >= 0.3 is 63.2 Å².